The molecule has 0 heterocycles. The molecule has 0 aliphatic heterocycles. The molecule has 3 aromatic rings. The zero-order valence-electron chi connectivity index (χ0n) is 15.4. The van der Waals surface area contributed by atoms with E-state index in [0.717, 1.165) is 11.3 Å². The maximum absolute atomic E-state index is 11.9. The average Bonchev–Trinajstić information content (AvgIpc) is 2.73. The third-order valence-corrected chi connectivity index (χ3v) is 5.05. The summed E-state index contributed by atoms with van der Waals surface area (Å²) in [6.45, 7) is 0. The van der Waals surface area contributed by atoms with Gasteiger partial charge < -0.3 is 4.74 Å². The second-order valence-electron chi connectivity index (χ2n) is 6.08. The zero-order chi connectivity index (χ0) is 19.8. The van der Waals surface area contributed by atoms with Crippen molar-refractivity contribution in [1.29, 1.82) is 0 Å². The molecule has 0 aromatic heterocycles. The van der Waals surface area contributed by atoms with Crippen LogP contribution in [-0.2, 0) is 15.3 Å². The summed E-state index contributed by atoms with van der Waals surface area (Å²) in [4.78, 5) is 23.3. The Morgan fingerprint density at radius 2 is 1.79 bits per heavy atom. The van der Waals surface area contributed by atoms with Crippen molar-refractivity contribution in [3.05, 3.63) is 83.4 Å². The molecule has 0 bridgehead atoms. The van der Waals surface area contributed by atoms with E-state index in [1.807, 2.05) is 12.1 Å². The third-order valence-electron chi connectivity index (χ3n) is 4.05. The minimum atomic E-state index is -0.389. The molecule has 0 aliphatic carbocycles. The Labute approximate surface area is 167 Å². The summed E-state index contributed by atoms with van der Waals surface area (Å²) >= 11 is 1.54. The molecule has 142 valence electrons. The SMILES string of the molecule is COC(=O)c1ccc(/C=N\NC(=O)CSCc2ccc3ccccc3c2)cc1. The van der Waals surface area contributed by atoms with E-state index >= 15 is 0 Å². The highest BCUT2D eigenvalue weighted by molar-refractivity contribution is 7.99. The van der Waals surface area contributed by atoms with E-state index in [1.54, 1.807) is 24.3 Å². The highest BCUT2D eigenvalue weighted by Crippen LogP contribution is 2.19. The van der Waals surface area contributed by atoms with Crippen LogP contribution in [0.25, 0.3) is 10.8 Å². The van der Waals surface area contributed by atoms with Gasteiger partial charge in [0.15, 0.2) is 0 Å². The molecule has 0 aliphatic rings. The first-order chi connectivity index (χ1) is 13.7. The second kappa shape index (κ2) is 9.71. The minimum absolute atomic E-state index is 0.159. The van der Waals surface area contributed by atoms with Gasteiger partial charge in [0.2, 0.25) is 5.91 Å². The van der Waals surface area contributed by atoms with Gasteiger partial charge in [0, 0.05) is 5.75 Å². The number of thioether (sulfide) groups is 1. The van der Waals surface area contributed by atoms with Gasteiger partial charge in [-0.3, -0.25) is 4.79 Å². The van der Waals surface area contributed by atoms with Crippen molar-refractivity contribution < 1.29 is 14.3 Å². The van der Waals surface area contributed by atoms with Crippen LogP contribution in [0.15, 0.2) is 71.8 Å². The molecule has 0 radical (unpaired) electrons. The van der Waals surface area contributed by atoms with Crippen LogP contribution in [0.3, 0.4) is 0 Å². The molecule has 0 fully saturated rings. The van der Waals surface area contributed by atoms with E-state index in [2.05, 4.69) is 45.6 Å². The van der Waals surface area contributed by atoms with Crippen molar-refractivity contribution in [2.45, 2.75) is 5.75 Å². The number of hydrogen-bond donors (Lipinski definition) is 1. The Balaban J connectivity index is 1.43. The number of carbonyl (C=O) groups is 2. The van der Waals surface area contributed by atoms with E-state index in [9.17, 15) is 9.59 Å². The predicted molar refractivity (Wildman–Crippen MR) is 114 cm³/mol. The summed E-state index contributed by atoms with van der Waals surface area (Å²) in [6.07, 6.45) is 1.53. The van der Waals surface area contributed by atoms with Crippen LogP contribution in [-0.4, -0.2) is 31.0 Å². The zero-order valence-corrected chi connectivity index (χ0v) is 16.2. The van der Waals surface area contributed by atoms with Crippen LogP contribution in [0.4, 0.5) is 0 Å². The first kappa shape index (κ1) is 19.6. The number of carbonyl (C=O) groups excluding carboxylic acids is 2. The van der Waals surface area contributed by atoms with Gasteiger partial charge in [-0.1, -0.05) is 54.6 Å². The number of methoxy groups -OCH3 is 1. The van der Waals surface area contributed by atoms with Crippen LogP contribution in [0.1, 0.15) is 21.5 Å². The normalized spacial score (nSPS) is 10.9. The number of ether oxygens (including phenoxy) is 1. The fraction of sp³-hybridized carbons (Fsp3) is 0.136. The number of nitrogens with zero attached hydrogens (tertiary/aromatic N) is 1. The number of hydrogen-bond acceptors (Lipinski definition) is 5. The predicted octanol–water partition coefficient (Wildman–Crippen LogP) is 4.01. The standard InChI is InChI=1S/C22H20N2O3S/c1-27-22(26)19-10-6-16(7-11-19)13-23-24-21(25)15-28-14-17-8-9-18-4-2-3-5-20(18)12-17/h2-13H,14-15H2,1H3,(H,24,25)/b23-13-. The van der Waals surface area contributed by atoms with E-state index in [-0.39, 0.29) is 11.9 Å². The Bertz CT molecular complexity index is 1000. The summed E-state index contributed by atoms with van der Waals surface area (Å²) in [5.74, 6) is 0.538. The Morgan fingerprint density at radius 1 is 1.04 bits per heavy atom. The fourth-order valence-electron chi connectivity index (χ4n) is 2.62. The van der Waals surface area contributed by atoms with Crippen LogP contribution >= 0.6 is 11.8 Å². The lowest BCUT2D eigenvalue weighted by atomic mass is 10.1. The molecular weight excluding hydrogens is 372 g/mol. The van der Waals surface area contributed by atoms with Gasteiger partial charge in [0.1, 0.15) is 0 Å². The lowest BCUT2D eigenvalue weighted by Gasteiger charge is -2.04. The lowest BCUT2D eigenvalue weighted by molar-refractivity contribution is -0.118. The highest BCUT2D eigenvalue weighted by Gasteiger charge is 2.04. The summed E-state index contributed by atoms with van der Waals surface area (Å²) in [5, 5.41) is 6.36. The number of hydrazone groups is 1. The molecule has 0 spiro atoms. The monoisotopic (exact) mass is 392 g/mol. The molecule has 3 aromatic carbocycles. The quantitative estimate of drug-likeness (QED) is 0.375. The van der Waals surface area contributed by atoms with Crippen molar-refractivity contribution in [2.24, 2.45) is 5.10 Å². The molecule has 0 unspecified atom stereocenters. The molecule has 1 amide bonds. The summed E-state index contributed by atoms with van der Waals surface area (Å²) in [5.41, 5.74) is 4.94. The van der Waals surface area contributed by atoms with E-state index in [1.165, 1.54) is 41.4 Å². The lowest BCUT2D eigenvalue weighted by Crippen LogP contribution is -2.19. The van der Waals surface area contributed by atoms with Crippen LogP contribution in [0, 0.1) is 0 Å². The molecule has 0 saturated heterocycles. The smallest absolute Gasteiger partial charge is 0.337 e. The topological polar surface area (TPSA) is 67.8 Å². The van der Waals surface area contributed by atoms with Crippen LogP contribution < -0.4 is 5.43 Å². The maximum Gasteiger partial charge on any atom is 0.337 e. The highest BCUT2D eigenvalue weighted by atomic mass is 32.2. The van der Waals surface area contributed by atoms with Gasteiger partial charge in [-0.25, -0.2) is 10.2 Å². The van der Waals surface area contributed by atoms with Crippen molar-refractivity contribution in [3.63, 3.8) is 0 Å². The van der Waals surface area contributed by atoms with Gasteiger partial charge >= 0.3 is 5.97 Å². The van der Waals surface area contributed by atoms with Gasteiger partial charge in [0.25, 0.3) is 0 Å². The molecule has 1 N–H and O–H groups in total. The van der Waals surface area contributed by atoms with Gasteiger partial charge in [-0.2, -0.15) is 5.10 Å². The summed E-state index contributed by atoms with van der Waals surface area (Å²) in [6, 6.07) is 21.3. The largest absolute Gasteiger partial charge is 0.465 e. The third kappa shape index (κ3) is 5.44. The van der Waals surface area contributed by atoms with Crippen LogP contribution in [0.2, 0.25) is 0 Å². The van der Waals surface area contributed by atoms with Gasteiger partial charge in [0.05, 0.1) is 24.6 Å². The molecule has 5 nitrogen and oxygen atoms in total. The van der Waals surface area contributed by atoms with Crippen molar-refractivity contribution >= 4 is 40.6 Å². The number of nitrogens with one attached hydrogen (secondary N) is 1. The average molecular weight is 392 g/mol. The second-order valence-corrected chi connectivity index (χ2v) is 7.07. The minimum Gasteiger partial charge on any atom is -0.465 e. The van der Waals surface area contributed by atoms with Crippen molar-refractivity contribution in [1.82, 2.24) is 5.43 Å². The van der Waals surface area contributed by atoms with E-state index < -0.39 is 0 Å². The summed E-state index contributed by atoms with van der Waals surface area (Å²) in [7, 11) is 1.34. The molecule has 28 heavy (non-hydrogen) atoms. The number of benzene rings is 3. The maximum atomic E-state index is 11.9. The molecule has 0 saturated carbocycles. The number of amides is 1. The summed E-state index contributed by atoms with van der Waals surface area (Å²) < 4.78 is 4.65. The number of rotatable bonds is 7. The molecular formula is C22H20N2O3S. The molecule has 6 heteroatoms. The molecule has 0 atom stereocenters. The van der Waals surface area contributed by atoms with Crippen molar-refractivity contribution in [2.75, 3.05) is 12.9 Å². The van der Waals surface area contributed by atoms with Gasteiger partial charge in [-0.05, 0) is 34.0 Å². The first-order valence-corrected chi connectivity index (χ1v) is 9.87. The first-order valence-electron chi connectivity index (χ1n) is 8.71. The Hall–Kier alpha value is -3.12. The van der Waals surface area contributed by atoms with E-state index in [4.69, 9.17) is 0 Å². The molecule has 3 rings (SSSR count). The Morgan fingerprint density at radius 3 is 2.54 bits per heavy atom. The van der Waals surface area contributed by atoms with Crippen LogP contribution in [0.5, 0.6) is 0 Å². The Kier molecular flexibility index (Phi) is 6.81. The van der Waals surface area contributed by atoms with E-state index in [0.29, 0.717) is 11.3 Å². The number of esters is 1. The fourth-order valence-corrected chi connectivity index (χ4v) is 3.39. The number of fused-ring (bicyclic) bond motifs is 1. The van der Waals surface area contributed by atoms with Gasteiger partial charge in [-0.15, -0.1) is 11.8 Å². The van der Waals surface area contributed by atoms with Crippen molar-refractivity contribution in [3.8, 4) is 0 Å².